The molecule has 3 unspecified atom stereocenters. The lowest BCUT2D eigenvalue weighted by atomic mass is 10.0. The number of ether oxygens (including phenoxy) is 1. The number of aromatic amines is 1. The molecule has 3 rings (SSSR count). The number of rotatable bonds is 7. The summed E-state index contributed by atoms with van der Waals surface area (Å²) in [6, 6.07) is 1.64. The first-order valence-corrected chi connectivity index (χ1v) is 10.5. The van der Waals surface area contributed by atoms with Crippen molar-refractivity contribution in [2.24, 2.45) is 7.05 Å². The Balaban J connectivity index is 1.53. The fourth-order valence-corrected chi connectivity index (χ4v) is 3.81. The van der Waals surface area contributed by atoms with Crippen molar-refractivity contribution in [3.8, 4) is 0 Å². The zero-order chi connectivity index (χ0) is 23.5. The second-order valence-electron chi connectivity index (χ2n) is 8.05. The number of nitrogens with zero attached hydrogens (tertiary/aromatic N) is 3. The maximum atomic E-state index is 13.1. The third-order valence-electron chi connectivity index (χ3n) is 5.58. The zero-order valence-corrected chi connectivity index (χ0v) is 18.1. The van der Waals surface area contributed by atoms with E-state index in [0.29, 0.717) is 11.1 Å². The van der Waals surface area contributed by atoms with Gasteiger partial charge in [-0.1, -0.05) is 6.92 Å². The highest BCUT2D eigenvalue weighted by Gasteiger charge is 2.37. The van der Waals surface area contributed by atoms with E-state index in [2.05, 4.69) is 25.9 Å². The van der Waals surface area contributed by atoms with Gasteiger partial charge in [-0.15, -0.1) is 0 Å². The Labute approximate surface area is 183 Å². The summed E-state index contributed by atoms with van der Waals surface area (Å²) in [6.45, 7) is 3.76. The van der Waals surface area contributed by atoms with Crippen molar-refractivity contribution in [3.05, 3.63) is 29.2 Å². The van der Waals surface area contributed by atoms with Gasteiger partial charge >= 0.3 is 12.3 Å². The number of alkyl carbamates (subject to hydrolysis) is 1. The van der Waals surface area contributed by atoms with E-state index in [0.717, 1.165) is 31.2 Å². The first kappa shape index (κ1) is 23.6. The van der Waals surface area contributed by atoms with Crippen LogP contribution in [-0.2, 0) is 29.2 Å². The molecule has 0 spiro atoms. The van der Waals surface area contributed by atoms with Crippen LogP contribution >= 0.6 is 0 Å². The number of nitrogens with one attached hydrogen (secondary N) is 3. The van der Waals surface area contributed by atoms with Gasteiger partial charge < -0.3 is 15.4 Å². The van der Waals surface area contributed by atoms with Gasteiger partial charge in [-0.25, -0.2) is 4.79 Å². The summed E-state index contributed by atoms with van der Waals surface area (Å²) >= 11 is 0. The molecule has 32 heavy (non-hydrogen) atoms. The molecular weight excluding hydrogens is 429 g/mol. The van der Waals surface area contributed by atoms with E-state index in [1.165, 1.54) is 7.05 Å². The molecule has 0 aliphatic heterocycles. The number of halogens is 3. The number of H-pyrrole nitrogens is 1. The van der Waals surface area contributed by atoms with Crippen LogP contribution in [-0.4, -0.2) is 44.1 Å². The number of hydrogen-bond donors (Lipinski definition) is 3. The molecule has 1 aliphatic rings. The van der Waals surface area contributed by atoms with Crippen molar-refractivity contribution in [1.82, 2.24) is 25.3 Å². The van der Waals surface area contributed by atoms with E-state index < -0.39 is 30.3 Å². The second kappa shape index (κ2) is 9.61. The number of carbonyl (C=O) groups excluding carboxylic acids is 2. The third kappa shape index (κ3) is 5.80. The summed E-state index contributed by atoms with van der Waals surface area (Å²) in [6.07, 6.45) is -1.60. The molecule has 2 amide bonds. The molecule has 3 atom stereocenters. The van der Waals surface area contributed by atoms with Gasteiger partial charge in [0.2, 0.25) is 5.91 Å². The van der Waals surface area contributed by atoms with Gasteiger partial charge in [-0.2, -0.15) is 23.4 Å². The molecule has 0 bridgehead atoms. The topological polar surface area (TPSA) is 114 Å². The Bertz CT molecular complexity index is 955. The van der Waals surface area contributed by atoms with Gasteiger partial charge in [0.1, 0.15) is 11.8 Å². The molecular formula is C20H27F3N6O3. The van der Waals surface area contributed by atoms with Gasteiger partial charge in [-0.3, -0.25) is 14.6 Å². The predicted octanol–water partition coefficient (Wildman–Crippen LogP) is 3.50. The number of anilines is 1. The van der Waals surface area contributed by atoms with Crippen LogP contribution in [0.25, 0.3) is 0 Å². The van der Waals surface area contributed by atoms with Gasteiger partial charge in [0, 0.05) is 36.3 Å². The van der Waals surface area contributed by atoms with E-state index in [1.54, 1.807) is 6.07 Å². The summed E-state index contributed by atoms with van der Waals surface area (Å²) in [5.74, 6) is -0.285. The van der Waals surface area contributed by atoms with Crippen LogP contribution in [0.3, 0.4) is 0 Å². The normalized spacial score (nSPS) is 19.6. The molecule has 1 fully saturated rings. The summed E-state index contributed by atoms with van der Waals surface area (Å²) in [7, 11) is 1.18. The second-order valence-corrected chi connectivity index (χ2v) is 8.05. The van der Waals surface area contributed by atoms with Crippen molar-refractivity contribution in [2.75, 3.05) is 5.32 Å². The molecule has 2 heterocycles. The number of amides is 2. The average molecular weight is 456 g/mol. The predicted molar refractivity (Wildman–Crippen MR) is 109 cm³/mol. The monoisotopic (exact) mass is 456 g/mol. The maximum absolute atomic E-state index is 13.1. The van der Waals surface area contributed by atoms with Crippen LogP contribution in [0, 0.1) is 0 Å². The Kier molecular flexibility index (Phi) is 7.09. The maximum Gasteiger partial charge on any atom is 0.433 e. The minimum Gasteiger partial charge on any atom is -0.447 e. The summed E-state index contributed by atoms with van der Waals surface area (Å²) < 4.78 is 45.4. The van der Waals surface area contributed by atoms with Crippen molar-refractivity contribution in [3.63, 3.8) is 0 Å². The molecule has 1 aliphatic carbocycles. The average Bonchev–Trinajstić information content (AvgIpc) is 3.41. The molecule has 3 N–H and O–H groups in total. The molecule has 0 aromatic carbocycles. The Morgan fingerprint density at radius 2 is 2.12 bits per heavy atom. The molecule has 2 aromatic rings. The number of hydrogen-bond acceptors (Lipinski definition) is 5. The highest BCUT2D eigenvalue weighted by molar-refractivity contribution is 5.91. The summed E-state index contributed by atoms with van der Waals surface area (Å²) in [5.41, 5.74) is -0.369. The van der Waals surface area contributed by atoms with Crippen molar-refractivity contribution in [2.45, 2.75) is 70.2 Å². The molecule has 176 valence electrons. The Morgan fingerprint density at radius 3 is 2.81 bits per heavy atom. The van der Waals surface area contributed by atoms with E-state index in [9.17, 15) is 22.8 Å². The molecule has 1 saturated carbocycles. The highest BCUT2D eigenvalue weighted by Crippen LogP contribution is 2.35. The lowest BCUT2D eigenvalue weighted by Gasteiger charge is -2.16. The first-order chi connectivity index (χ1) is 15.1. The quantitative estimate of drug-likeness (QED) is 0.590. The lowest BCUT2D eigenvalue weighted by molar-refractivity contribution is -0.144. The van der Waals surface area contributed by atoms with Crippen LogP contribution < -0.4 is 10.6 Å². The molecule has 0 saturated heterocycles. The first-order valence-electron chi connectivity index (χ1n) is 10.5. The zero-order valence-electron chi connectivity index (χ0n) is 18.1. The van der Waals surface area contributed by atoms with E-state index in [-0.39, 0.29) is 29.4 Å². The van der Waals surface area contributed by atoms with Gasteiger partial charge in [0.15, 0.2) is 5.82 Å². The number of aromatic nitrogens is 4. The lowest BCUT2D eigenvalue weighted by Crippen LogP contribution is -2.35. The standard InChI is InChI=1S/C20H27F3N6O3/c1-4-11(2)32-19(31)25-14-6-5-12(7-14)15-9-16(28-27-15)26-17(30)8-13-10-24-29(3)18(13)20(21,22)23/h9-12,14H,4-8H2,1-3H3,(H,25,31)(H2,26,27,28,30). The summed E-state index contributed by atoms with van der Waals surface area (Å²) in [5, 5.41) is 15.9. The molecule has 12 heteroatoms. The number of alkyl halides is 3. The van der Waals surface area contributed by atoms with E-state index in [1.807, 2.05) is 13.8 Å². The fourth-order valence-electron chi connectivity index (χ4n) is 3.81. The minimum atomic E-state index is -4.60. The van der Waals surface area contributed by atoms with Gasteiger partial charge in [0.05, 0.1) is 12.6 Å². The van der Waals surface area contributed by atoms with Crippen LogP contribution in [0.5, 0.6) is 0 Å². The molecule has 2 aromatic heterocycles. The van der Waals surface area contributed by atoms with Crippen LogP contribution in [0.2, 0.25) is 0 Å². The van der Waals surface area contributed by atoms with Crippen LogP contribution in [0.4, 0.5) is 23.8 Å². The SMILES string of the molecule is CCC(C)OC(=O)NC1CCC(c2cc(NC(=O)Cc3cnn(C)c3C(F)(F)F)n[nH]2)C1. The minimum absolute atomic E-state index is 0.0238. The van der Waals surface area contributed by atoms with E-state index in [4.69, 9.17) is 4.74 Å². The summed E-state index contributed by atoms with van der Waals surface area (Å²) in [4.78, 5) is 24.2. The Hall–Kier alpha value is -3.05. The van der Waals surface area contributed by atoms with Gasteiger partial charge in [0.25, 0.3) is 0 Å². The van der Waals surface area contributed by atoms with Crippen molar-refractivity contribution < 1.29 is 27.5 Å². The molecule has 9 nitrogen and oxygen atoms in total. The smallest absolute Gasteiger partial charge is 0.433 e. The van der Waals surface area contributed by atoms with E-state index >= 15 is 0 Å². The molecule has 0 radical (unpaired) electrons. The van der Waals surface area contributed by atoms with Crippen LogP contribution in [0.15, 0.2) is 12.3 Å². The van der Waals surface area contributed by atoms with Gasteiger partial charge in [-0.05, 0) is 32.6 Å². The van der Waals surface area contributed by atoms with Crippen molar-refractivity contribution in [1.29, 1.82) is 0 Å². The fraction of sp³-hybridized carbons (Fsp3) is 0.600. The van der Waals surface area contributed by atoms with Crippen molar-refractivity contribution >= 4 is 17.8 Å². The number of carbonyl (C=O) groups is 2. The highest BCUT2D eigenvalue weighted by atomic mass is 19.4. The number of aryl methyl sites for hydroxylation is 1. The van der Waals surface area contributed by atoms with Crippen LogP contribution in [0.1, 0.15) is 62.4 Å². The largest absolute Gasteiger partial charge is 0.447 e. The third-order valence-corrected chi connectivity index (χ3v) is 5.58. The Morgan fingerprint density at radius 1 is 1.38 bits per heavy atom.